The number of aromatic amines is 1. The molecule has 1 atom stereocenters. The Morgan fingerprint density at radius 3 is 2.50 bits per heavy atom. The van der Waals surface area contributed by atoms with Gasteiger partial charge in [0.05, 0.1) is 43.5 Å². The third kappa shape index (κ3) is 3.45. The molecule has 10 heteroatoms. The van der Waals surface area contributed by atoms with E-state index in [1.165, 1.54) is 7.11 Å². The molecule has 0 radical (unpaired) electrons. The van der Waals surface area contributed by atoms with Gasteiger partial charge in [0.1, 0.15) is 17.4 Å². The Labute approximate surface area is 194 Å². The lowest BCUT2D eigenvalue weighted by atomic mass is 9.82. The first-order valence-electron chi connectivity index (χ1n) is 9.34. The number of allylic oxidation sites excluding steroid dienone is 1. The lowest BCUT2D eigenvalue weighted by molar-refractivity contribution is 0.355. The fourth-order valence-electron chi connectivity index (χ4n) is 3.78. The third-order valence-corrected chi connectivity index (χ3v) is 5.66. The van der Waals surface area contributed by atoms with Gasteiger partial charge in [-0.3, -0.25) is 5.10 Å². The fraction of sp³-hybridized carbons (Fsp3) is 0.182. The van der Waals surface area contributed by atoms with Crippen LogP contribution in [-0.2, 0) is 0 Å². The highest BCUT2D eigenvalue weighted by molar-refractivity contribution is 6.35. The van der Waals surface area contributed by atoms with E-state index >= 15 is 0 Å². The van der Waals surface area contributed by atoms with Crippen LogP contribution in [-0.4, -0.2) is 31.5 Å². The van der Waals surface area contributed by atoms with E-state index in [1.807, 2.05) is 6.07 Å². The molecule has 32 heavy (non-hydrogen) atoms. The minimum atomic E-state index is -0.697. The molecule has 3 N–H and O–H groups in total. The average molecular weight is 473 g/mol. The molecule has 0 saturated carbocycles. The number of nitrogens with two attached hydrogens (primary N) is 1. The topological polar surface area (TPSA) is 115 Å². The summed E-state index contributed by atoms with van der Waals surface area (Å²) in [6.07, 6.45) is 0. The van der Waals surface area contributed by atoms with Crippen molar-refractivity contribution in [1.82, 2.24) is 10.2 Å². The van der Waals surface area contributed by atoms with Crippen molar-refractivity contribution in [2.24, 2.45) is 5.73 Å². The van der Waals surface area contributed by atoms with E-state index in [1.54, 1.807) is 38.5 Å². The second-order valence-electron chi connectivity index (χ2n) is 6.82. The van der Waals surface area contributed by atoms with Crippen LogP contribution in [0.4, 0.5) is 0 Å². The lowest BCUT2D eigenvalue weighted by Gasteiger charge is -2.26. The predicted molar refractivity (Wildman–Crippen MR) is 119 cm³/mol. The van der Waals surface area contributed by atoms with Crippen molar-refractivity contribution in [1.29, 1.82) is 5.26 Å². The maximum atomic E-state index is 9.93. The highest BCUT2D eigenvalue weighted by Gasteiger charge is 2.38. The maximum Gasteiger partial charge on any atom is 0.244 e. The first-order valence-corrected chi connectivity index (χ1v) is 10.1. The molecular weight excluding hydrogens is 455 g/mol. The average Bonchev–Trinajstić information content (AvgIpc) is 3.20. The van der Waals surface area contributed by atoms with Crippen LogP contribution >= 0.6 is 23.2 Å². The molecule has 8 nitrogen and oxygen atoms in total. The number of rotatable bonds is 5. The first kappa shape index (κ1) is 21.7. The predicted octanol–water partition coefficient (Wildman–Crippen LogP) is 4.63. The molecule has 0 spiro atoms. The molecule has 3 aromatic rings. The van der Waals surface area contributed by atoms with Crippen LogP contribution in [0, 0.1) is 11.3 Å². The molecule has 0 fully saturated rings. The maximum absolute atomic E-state index is 9.93. The Kier molecular flexibility index (Phi) is 5.78. The molecule has 0 aliphatic carbocycles. The summed E-state index contributed by atoms with van der Waals surface area (Å²) in [5, 5.41) is 17.9. The number of nitrogens with zero attached hydrogens (tertiary/aromatic N) is 2. The molecule has 0 amide bonds. The van der Waals surface area contributed by atoms with Crippen LogP contribution in [0.3, 0.4) is 0 Å². The quantitative estimate of drug-likeness (QED) is 0.555. The standard InChI is InChI=1S/C22H18Cl2N4O4/c1-29-15-5-4-10(6-16(15)30-2)19-18-17(12-7-11(23)8-14(24)20(12)31-3)13(9-25)21(26)32-22(18)28-27-19/h4-8,17H,26H2,1-3H3,(H,27,28). The minimum Gasteiger partial charge on any atom is -0.495 e. The van der Waals surface area contributed by atoms with E-state index in [4.69, 9.17) is 47.9 Å². The second-order valence-corrected chi connectivity index (χ2v) is 7.67. The number of nitriles is 1. The van der Waals surface area contributed by atoms with Crippen molar-refractivity contribution in [2.75, 3.05) is 21.3 Å². The monoisotopic (exact) mass is 472 g/mol. The van der Waals surface area contributed by atoms with Gasteiger partial charge in [-0.05, 0) is 30.3 Å². The van der Waals surface area contributed by atoms with Crippen molar-refractivity contribution in [3.05, 3.63) is 63.0 Å². The second kappa shape index (κ2) is 8.54. The van der Waals surface area contributed by atoms with E-state index in [-0.39, 0.29) is 17.3 Å². The molecule has 1 unspecified atom stereocenters. The smallest absolute Gasteiger partial charge is 0.244 e. The normalized spacial score (nSPS) is 14.9. The molecule has 4 rings (SSSR count). The highest BCUT2D eigenvalue weighted by Crippen LogP contribution is 2.50. The van der Waals surface area contributed by atoms with Gasteiger partial charge in [0.25, 0.3) is 0 Å². The Bertz CT molecular complexity index is 1280. The van der Waals surface area contributed by atoms with Crippen molar-refractivity contribution in [3.8, 4) is 40.5 Å². The molecule has 1 aliphatic heterocycles. The molecule has 0 bridgehead atoms. The van der Waals surface area contributed by atoms with Gasteiger partial charge in [-0.25, -0.2) is 0 Å². The number of benzene rings is 2. The Morgan fingerprint density at radius 1 is 1.09 bits per heavy atom. The molecule has 1 aromatic heterocycles. The number of fused-ring (bicyclic) bond motifs is 1. The van der Waals surface area contributed by atoms with Crippen molar-refractivity contribution < 1.29 is 18.9 Å². The molecule has 164 valence electrons. The number of nitrogens with one attached hydrogen (secondary N) is 1. The zero-order valence-electron chi connectivity index (χ0n) is 17.3. The van der Waals surface area contributed by atoms with Crippen LogP contribution in [0.1, 0.15) is 17.0 Å². The van der Waals surface area contributed by atoms with Crippen LogP contribution < -0.4 is 24.7 Å². The first-order chi connectivity index (χ1) is 15.4. The van der Waals surface area contributed by atoms with Crippen molar-refractivity contribution >= 4 is 23.2 Å². The van der Waals surface area contributed by atoms with Gasteiger partial charge in [0.2, 0.25) is 11.8 Å². The number of methoxy groups -OCH3 is 3. The summed E-state index contributed by atoms with van der Waals surface area (Å²) in [7, 11) is 4.59. The number of H-pyrrole nitrogens is 1. The summed E-state index contributed by atoms with van der Waals surface area (Å²) >= 11 is 12.7. The Morgan fingerprint density at radius 2 is 1.84 bits per heavy atom. The SMILES string of the molecule is COc1ccc(-c2[nH]nc3c2C(c2cc(Cl)cc(Cl)c2OC)C(C#N)=C(N)O3)cc1OC. The van der Waals surface area contributed by atoms with Gasteiger partial charge in [-0.15, -0.1) is 5.10 Å². The number of hydrogen-bond acceptors (Lipinski definition) is 7. The summed E-state index contributed by atoms with van der Waals surface area (Å²) in [5.41, 5.74) is 8.72. The number of hydrogen-bond donors (Lipinski definition) is 2. The van der Waals surface area contributed by atoms with Gasteiger partial charge < -0.3 is 24.7 Å². The van der Waals surface area contributed by atoms with Crippen LogP contribution in [0.2, 0.25) is 10.0 Å². The van der Waals surface area contributed by atoms with Gasteiger partial charge >= 0.3 is 0 Å². The number of halogens is 2. The summed E-state index contributed by atoms with van der Waals surface area (Å²) in [5.74, 6) is 0.941. The zero-order valence-corrected chi connectivity index (χ0v) is 18.8. The van der Waals surface area contributed by atoms with E-state index in [9.17, 15) is 5.26 Å². The number of ether oxygens (including phenoxy) is 4. The van der Waals surface area contributed by atoms with Crippen LogP contribution in [0.5, 0.6) is 23.1 Å². The van der Waals surface area contributed by atoms with E-state index in [0.29, 0.717) is 44.1 Å². The van der Waals surface area contributed by atoms with E-state index in [0.717, 1.165) is 5.56 Å². The van der Waals surface area contributed by atoms with Crippen molar-refractivity contribution in [2.45, 2.75) is 5.92 Å². The third-order valence-electron chi connectivity index (χ3n) is 5.16. The van der Waals surface area contributed by atoms with E-state index in [2.05, 4.69) is 16.3 Å². The Balaban J connectivity index is 2.00. The van der Waals surface area contributed by atoms with Gasteiger partial charge in [-0.1, -0.05) is 23.2 Å². The summed E-state index contributed by atoms with van der Waals surface area (Å²) in [4.78, 5) is 0. The summed E-state index contributed by atoms with van der Waals surface area (Å²) in [6, 6.07) is 10.8. The minimum absolute atomic E-state index is 0.0616. The zero-order chi connectivity index (χ0) is 23.0. The van der Waals surface area contributed by atoms with Gasteiger partial charge in [-0.2, -0.15) is 5.26 Å². The lowest BCUT2D eigenvalue weighted by Crippen LogP contribution is -2.21. The van der Waals surface area contributed by atoms with E-state index < -0.39 is 5.92 Å². The largest absolute Gasteiger partial charge is 0.495 e. The highest BCUT2D eigenvalue weighted by atomic mass is 35.5. The van der Waals surface area contributed by atoms with Crippen LogP contribution in [0.25, 0.3) is 11.3 Å². The van der Waals surface area contributed by atoms with Crippen LogP contribution in [0.15, 0.2) is 41.8 Å². The molecular formula is C22H18Cl2N4O4. The summed E-state index contributed by atoms with van der Waals surface area (Å²) in [6.45, 7) is 0. The molecule has 1 aliphatic rings. The Hall–Kier alpha value is -3.54. The fourth-order valence-corrected chi connectivity index (χ4v) is 4.36. The van der Waals surface area contributed by atoms with Crippen molar-refractivity contribution in [3.63, 3.8) is 0 Å². The summed E-state index contributed by atoms with van der Waals surface area (Å²) < 4.78 is 22.0. The number of aromatic nitrogens is 2. The molecule has 2 heterocycles. The van der Waals surface area contributed by atoms with Gasteiger partial charge in [0, 0.05) is 16.1 Å². The van der Waals surface area contributed by atoms with Gasteiger partial charge in [0.15, 0.2) is 11.5 Å². The molecule has 2 aromatic carbocycles. The molecule has 0 saturated heterocycles.